The van der Waals surface area contributed by atoms with Crippen molar-refractivity contribution in [1.82, 2.24) is 20.2 Å². The molecule has 0 unspecified atom stereocenters. The Labute approximate surface area is 106 Å². The van der Waals surface area contributed by atoms with Crippen molar-refractivity contribution < 1.29 is 9.72 Å². The number of nitrogen functional groups attached to an aromatic ring is 1. The highest BCUT2D eigenvalue weighted by atomic mass is 16.6. The van der Waals surface area contributed by atoms with Gasteiger partial charge in [0.2, 0.25) is 11.9 Å². The number of nitrogens with one attached hydrogen (secondary N) is 1. The van der Waals surface area contributed by atoms with Crippen LogP contribution in [0.2, 0.25) is 0 Å². The maximum atomic E-state index is 11.6. The minimum Gasteiger partial charge on any atom is -0.367 e. The molecule has 2 aromatic rings. The van der Waals surface area contributed by atoms with E-state index in [1.165, 1.54) is 24.3 Å². The molecule has 0 spiro atoms. The number of rotatable bonds is 4. The van der Waals surface area contributed by atoms with E-state index in [1.807, 2.05) is 0 Å². The summed E-state index contributed by atoms with van der Waals surface area (Å²) < 4.78 is 1.13. The average Bonchev–Trinajstić information content (AvgIpc) is 2.75. The molecule has 0 saturated carbocycles. The van der Waals surface area contributed by atoms with Gasteiger partial charge < -0.3 is 11.1 Å². The zero-order chi connectivity index (χ0) is 13.8. The molecule has 1 aromatic carbocycles. The standard InChI is InChI=1S/C9H9N7O3/c10-9-12-13-14-15(9)5-8(17)11-6-1-3-7(4-2-6)16(18)19/h1-4H,5H2,(H,11,17)(H2,10,12,14). The third-order valence-electron chi connectivity index (χ3n) is 2.21. The van der Waals surface area contributed by atoms with Crippen molar-refractivity contribution in [2.75, 3.05) is 11.1 Å². The van der Waals surface area contributed by atoms with Crippen LogP contribution in [0.1, 0.15) is 0 Å². The number of nitrogens with two attached hydrogens (primary N) is 1. The van der Waals surface area contributed by atoms with Crippen LogP contribution in [-0.2, 0) is 11.3 Å². The highest BCUT2D eigenvalue weighted by molar-refractivity contribution is 5.90. The number of carbonyl (C=O) groups is 1. The Morgan fingerprint density at radius 2 is 2.11 bits per heavy atom. The molecule has 98 valence electrons. The first kappa shape index (κ1) is 12.4. The molecule has 0 aliphatic heterocycles. The molecule has 1 amide bonds. The summed E-state index contributed by atoms with van der Waals surface area (Å²) in [6, 6.07) is 5.44. The summed E-state index contributed by atoms with van der Waals surface area (Å²) in [5.74, 6) is -0.369. The van der Waals surface area contributed by atoms with Gasteiger partial charge in [0.15, 0.2) is 0 Å². The first-order valence-corrected chi connectivity index (χ1v) is 5.12. The normalized spacial score (nSPS) is 10.1. The van der Waals surface area contributed by atoms with Crippen LogP contribution in [0, 0.1) is 10.1 Å². The monoisotopic (exact) mass is 263 g/mol. The molecule has 19 heavy (non-hydrogen) atoms. The molecule has 10 heteroatoms. The van der Waals surface area contributed by atoms with Crippen molar-refractivity contribution in [3.63, 3.8) is 0 Å². The molecule has 0 atom stereocenters. The number of nitro groups is 1. The Hall–Kier alpha value is -3.04. The van der Waals surface area contributed by atoms with E-state index in [-0.39, 0.29) is 18.2 Å². The smallest absolute Gasteiger partial charge is 0.269 e. The Kier molecular flexibility index (Phi) is 3.32. The lowest BCUT2D eigenvalue weighted by Gasteiger charge is -2.04. The van der Waals surface area contributed by atoms with E-state index >= 15 is 0 Å². The van der Waals surface area contributed by atoms with E-state index in [0.29, 0.717) is 5.69 Å². The first-order valence-electron chi connectivity index (χ1n) is 5.12. The van der Waals surface area contributed by atoms with Crippen LogP contribution in [0.15, 0.2) is 24.3 Å². The van der Waals surface area contributed by atoms with Crippen molar-refractivity contribution in [3.05, 3.63) is 34.4 Å². The van der Waals surface area contributed by atoms with Gasteiger partial charge in [-0.1, -0.05) is 5.10 Å². The van der Waals surface area contributed by atoms with Crippen LogP contribution in [0.3, 0.4) is 0 Å². The number of non-ortho nitro benzene ring substituents is 1. The minimum atomic E-state index is -0.520. The van der Waals surface area contributed by atoms with Crippen LogP contribution >= 0.6 is 0 Å². The van der Waals surface area contributed by atoms with Gasteiger partial charge >= 0.3 is 0 Å². The number of nitrogens with zero attached hydrogens (tertiary/aromatic N) is 5. The maximum Gasteiger partial charge on any atom is 0.269 e. The minimum absolute atomic E-state index is 0.0267. The van der Waals surface area contributed by atoms with Crippen LogP contribution in [0.4, 0.5) is 17.3 Å². The summed E-state index contributed by atoms with van der Waals surface area (Å²) >= 11 is 0. The van der Waals surface area contributed by atoms with Gasteiger partial charge in [0.1, 0.15) is 6.54 Å². The van der Waals surface area contributed by atoms with Gasteiger partial charge in [0.25, 0.3) is 5.69 Å². The molecular weight excluding hydrogens is 254 g/mol. The third kappa shape index (κ3) is 3.00. The van der Waals surface area contributed by atoms with Gasteiger partial charge in [-0.2, -0.15) is 0 Å². The molecule has 0 fully saturated rings. The third-order valence-corrected chi connectivity index (χ3v) is 2.21. The SMILES string of the molecule is Nc1nnnn1CC(=O)Nc1ccc([N+](=O)[O-])cc1. The van der Waals surface area contributed by atoms with E-state index in [1.54, 1.807) is 0 Å². The molecule has 0 saturated heterocycles. The molecule has 0 radical (unpaired) electrons. The van der Waals surface area contributed by atoms with Crippen molar-refractivity contribution in [2.45, 2.75) is 6.54 Å². The van der Waals surface area contributed by atoms with Crippen LogP contribution < -0.4 is 11.1 Å². The van der Waals surface area contributed by atoms with Gasteiger partial charge in [-0.05, 0) is 22.6 Å². The maximum absolute atomic E-state index is 11.6. The van der Waals surface area contributed by atoms with Crippen molar-refractivity contribution in [2.24, 2.45) is 0 Å². The number of aromatic nitrogens is 4. The number of nitro benzene ring substituents is 1. The largest absolute Gasteiger partial charge is 0.367 e. The number of tetrazole rings is 1. The molecule has 3 N–H and O–H groups in total. The Morgan fingerprint density at radius 1 is 1.42 bits per heavy atom. The second-order valence-corrected chi connectivity index (χ2v) is 3.55. The number of anilines is 2. The molecule has 1 heterocycles. The van der Waals surface area contributed by atoms with Crippen LogP contribution in [0.25, 0.3) is 0 Å². The van der Waals surface area contributed by atoms with E-state index in [9.17, 15) is 14.9 Å². The Balaban J connectivity index is 1.99. The lowest BCUT2D eigenvalue weighted by molar-refractivity contribution is -0.384. The van der Waals surface area contributed by atoms with Crippen molar-refractivity contribution >= 4 is 23.2 Å². The number of carbonyl (C=O) groups excluding carboxylic acids is 1. The zero-order valence-corrected chi connectivity index (χ0v) is 9.55. The van der Waals surface area contributed by atoms with E-state index in [4.69, 9.17) is 5.73 Å². The predicted octanol–water partition coefficient (Wildman–Crippen LogP) is -0.198. The van der Waals surface area contributed by atoms with Gasteiger partial charge in [0, 0.05) is 17.8 Å². The molecular formula is C9H9N7O3. The summed E-state index contributed by atoms with van der Waals surface area (Å²) in [4.78, 5) is 21.6. The first-order chi connectivity index (χ1) is 9.06. The second kappa shape index (κ2) is 5.08. The molecule has 0 aliphatic carbocycles. The highest BCUT2D eigenvalue weighted by Crippen LogP contribution is 2.15. The second-order valence-electron chi connectivity index (χ2n) is 3.55. The van der Waals surface area contributed by atoms with Gasteiger partial charge in [0.05, 0.1) is 4.92 Å². The summed E-state index contributed by atoms with van der Waals surface area (Å²) in [7, 11) is 0. The lowest BCUT2D eigenvalue weighted by Crippen LogP contribution is -2.20. The molecule has 0 aliphatic rings. The fourth-order valence-electron chi connectivity index (χ4n) is 1.33. The molecule has 0 bridgehead atoms. The van der Waals surface area contributed by atoms with Crippen LogP contribution in [-0.4, -0.2) is 31.0 Å². The fraction of sp³-hybridized carbons (Fsp3) is 0.111. The Morgan fingerprint density at radius 3 is 2.63 bits per heavy atom. The highest BCUT2D eigenvalue weighted by Gasteiger charge is 2.09. The van der Waals surface area contributed by atoms with E-state index in [0.717, 1.165) is 4.68 Å². The number of benzene rings is 1. The van der Waals surface area contributed by atoms with Gasteiger partial charge in [-0.15, -0.1) is 0 Å². The number of hydrogen-bond donors (Lipinski definition) is 2. The lowest BCUT2D eigenvalue weighted by atomic mass is 10.3. The predicted molar refractivity (Wildman–Crippen MR) is 64.0 cm³/mol. The topological polar surface area (TPSA) is 142 Å². The summed E-state index contributed by atoms with van der Waals surface area (Å²) in [6.07, 6.45) is 0. The van der Waals surface area contributed by atoms with Gasteiger partial charge in [-0.3, -0.25) is 14.9 Å². The van der Waals surface area contributed by atoms with Crippen LogP contribution in [0.5, 0.6) is 0 Å². The molecule has 2 rings (SSSR count). The number of hydrogen-bond acceptors (Lipinski definition) is 7. The van der Waals surface area contributed by atoms with Gasteiger partial charge in [-0.25, -0.2) is 4.68 Å². The Bertz CT molecular complexity index is 607. The zero-order valence-electron chi connectivity index (χ0n) is 9.55. The summed E-state index contributed by atoms with van der Waals surface area (Å²) in [5.41, 5.74) is 5.79. The van der Waals surface area contributed by atoms with Crippen molar-refractivity contribution in [1.29, 1.82) is 0 Å². The van der Waals surface area contributed by atoms with Crippen molar-refractivity contribution in [3.8, 4) is 0 Å². The molecule has 10 nitrogen and oxygen atoms in total. The quantitative estimate of drug-likeness (QED) is 0.574. The summed E-state index contributed by atoms with van der Waals surface area (Å²) in [6.45, 7) is -0.143. The van der Waals surface area contributed by atoms with E-state index < -0.39 is 10.8 Å². The molecule has 1 aromatic heterocycles. The van der Waals surface area contributed by atoms with E-state index in [2.05, 4.69) is 20.8 Å². The summed E-state index contributed by atoms with van der Waals surface area (Å²) in [5, 5.41) is 23.2. The average molecular weight is 263 g/mol. The number of amides is 1. The fourth-order valence-corrected chi connectivity index (χ4v) is 1.33.